The van der Waals surface area contributed by atoms with Crippen molar-refractivity contribution < 1.29 is 4.74 Å². The van der Waals surface area contributed by atoms with Crippen molar-refractivity contribution in [3.05, 3.63) is 78.4 Å². The quantitative estimate of drug-likeness (QED) is 0.713. The molecule has 1 nitrogen and oxygen atoms in total. The van der Waals surface area contributed by atoms with E-state index in [9.17, 15) is 0 Å². The van der Waals surface area contributed by atoms with Crippen LogP contribution in [0, 0.1) is 0 Å². The van der Waals surface area contributed by atoms with Crippen LogP contribution >= 0.6 is 0 Å². The molecule has 0 aliphatic heterocycles. The highest BCUT2D eigenvalue weighted by Gasteiger charge is 2.09. The predicted molar refractivity (Wildman–Crippen MR) is 71.5 cm³/mol. The van der Waals surface area contributed by atoms with E-state index in [1.807, 2.05) is 24.3 Å². The molecule has 0 aliphatic rings. The lowest BCUT2D eigenvalue weighted by Gasteiger charge is -2.13. The van der Waals surface area contributed by atoms with Gasteiger partial charge in [0.2, 0.25) is 0 Å². The Morgan fingerprint density at radius 3 is 2.06 bits per heavy atom. The standard InChI is InChI=1S/C16H16O/c1-3-16(13-7-5-4-6-8-13)14-9-11-15(17-2)12-10-14/h3-12,16H,1H2,2H3/t16-/m0/s1. The highest BCUT2D eigenvalue weighted by molar-refractivity contribution is 5.38. The van der Waals surface area contributed by atoms with Crippen molar-refractivity contribution in [2.75, 3.05) is 7.11 Å². The Morgan fingerprint density at radius 2 is 1.53 bits per heavy atom. The summed E-state index contributed by atoms with van der Waals surface area (Å²) in [6, 6.07) is 18.5. The number of benzene rings is 2. The third-order valence-corrected chi connectivity index (χ3v) is 2.87. The maximum atomic E-state index is 5.16. The van der Waals surface area contributed by atoms with Gasteiger partial charge in [0, 0.05) is 5.92 Å². The van der Waals surface area contributed by atoms with Gasteiger partial charge in [-0.1, -0.05) is 48.5 Å². The van der Waals surface area contributed by atoms with E-state index in [0.29, 0.717) is 0 Å². The SMILES string of the molecule is C=C[C@@H](c1ccccc1)c1ccc(OC)cc1. The molecule has 0 unspecified atom stereocenters. The van der Waals surface area contributed by atoms with Crippen LogP contribution in [0.2, 0.25) is 0 Å². The first-order valence-electron chi connectivity index (χ1n) is 5.66. The number of hydrogen-bond acceptors (Lipinski definition) is 1. The lowest BCUT2D eigenvalue weighted by molar-refractivity contribution is 0.414. The molecular formula is C16H16O. The van der Waals surface area contributed by atoms with Crippen LogP contribution in [0.3, 0.4) is 0 Å². The first kappa shape index (κ1) is 11.5. The Morgan fingerprint density at radius 1 is 0.941 bits per heavy atom. The van der Waals surface area contributed by atoms with Gasteiger partial charge >= 0.3 is 0 Å². The zero-order chi connectivity index (χ0) is 12.1. The van der Waals surface area contributed by atoms with Crippen LogP contribution in [-0.4, -0.2) is 7.11 Å². The highest BCUT2D eigenvalue weighted by atomic mass is 16.5. The molecule has 2 aromatic carbocycles. The van der Waals surface area contributed by atoms with Crippen LogP contribution in [0.25, 0.3) is 0 Å². The van der Waals surface area contributed by atoms with Crippen LogP contribution in [0.1, 0.15) is 17.0 Å². The lowest BCUT2D eigenvalue weighted by atomic mass is 9.91. The Labute approximate surface area is 102 Å². The summed E-state index contributed by atoms with van der Waals surface area (Å²) in [6.45, 7) is 3.93. The Hall–Kier alpha value is -2.02. The van der Waals surface area contributed by atoms with Gasteiger partial charge in [-0.3, -0.25) is 0 Å². The van der Waals surface area contributed by atoms with Gasteiger partial charge in [-0.15, -0.1) is 6.58 Å². The summed E-state index contributed by atoms with van der Waals surface area (Å²) in [6.07, 6.45) is 1.97. The second-order valence-electron chi connectivity index (χ2n) is 3.90. The molecule has 0 N–H and O–H groups in total. The summed E-state index contributed by atoms with van der Waals surface area (Å²) in [5.41, 5.74) is 2.49. The summed E-state index contributed by atoms with van der Waals surface area (Å²) in [5, 5.41) is 0. The van der Waals surface area contributed by atoms with Crippen molar-refractivity contribution in [1.82, 2.24) is 0 Å². The van der Waals surface area contributed by atoms with E-state index in [2.05, 4.69) is 43.0 Å². The zero-order valence-corrected chi connectivity index (χ0v) is 9.97. The number of rotatable bonds is 4. The third-order valence-electron chi connectivity index (χ3n) is 2.87. The molecule has 86 valence electrons. The molecule has 0 fully saturated rings. The summed E-state index contributed by atoms with van der Waals surface area (Å²) in [4.78, 5) is 0. The van der Waals surface area contributed by atoms with Gasteiger partial charge in [0.25, 0.3) is 0 Å². The fraction of sp³-hybridized carbons (Fsp3) is 0.125. The van der Waals surface area contributed by atoms with Crippen LogP contribution < -0.4 is 4.74 Å². The normalized spacial score (nSPS) is 11.8. The first-order chi connectivity index (χ1) is 8.35. The minimum atomic E-state index is 0.238. The number of allylic oxidation sites excluding steroid dienone is 1. The summed E-state index contributed by atoms with van der Waals surface area (Å²) in [5.74, 6) is 1.12. The van der Waals surface area contributed by atoms with Gasteiger partial charge in [0.05, 0.1) is 7.11 Å². The Balaban J connectivity index is 2.32. The van der Waals surface area contributed by atoms with E-state index in [4.69, 9.17) is 4.74 Å². The maximum absolute atomic E-state index is 5.16. The molecule has 0 aromatic heterocycles. The molecule has 2 aromatic rings. The molecule has 17 heavy (non-hydrogen) atoms. The molecule has 1 heteroatoms. The van der Waals surface area contributed by atoms with Gasteiger partial charge in [-0.2, -0.15) is 0 Å². The van der Waals surface area contributed by atoms with E-state index >= 15 is 0 Å². The Bertz CT molecular complexity index is 471. The Kier molecular flexibility index (Phi) is 3.61. The summed E-state index contributed by atoms with van der Waals surface area (Å²) >= 11 is 0. The van der Waals surface area contributed by atoms with Gasteiger partial charge in [-0.25, -0.2) is 0 Å². The predicted octanol–water partition coefficient (Wildman–Crippen LogP) is 4.01. The lowest BCUT2D eigenvalue weighted by Crippen LogP contribution is -1.97. The molecule has 2 rings (SSSR count). The fourth-order valence-corrected chi connectivity index (χ4v) is 1.94. The number of methoxy groups -OCH3 is 1. The smallest absolute Gasteiger partial charge is 0.118 e. The minimum absolute atomic E-state index is 0.238. The van der Waals surface area contributed by atoms with Crippen molar-refractivity contribution in [3.63, 3.8) is 0 Å². The van der Waals surface area contributed by atoms with Crippen LogP contribution in [0.4, 0.5) is 0 Å². The van der Waals surface area contributed by atoms with Gasteiger partial charge in [-0.05, 0) is 23.3 Å². The highest BCUT2D eigenvalue weighted by Crippen LogP contribution is 2.26. The molecule has 0 bridgehead atoms. The number of hydrogen-bond donors (Lipinski definition) is 0. The van der Waals surface area contributed by atoms with Crippen molar-refractivity contribution in [3.8, 4) is 5.75 Å². The van der Waals surface area contributed by atoms with E-state index in [1.54, 1.807) is 7.11 Å². The third kappa shape index (κ3) is 2.56. The van der Waals surface area contributed by atoms with Crippen molar-refractivity contribution >= 4 is 0 Å². The summed E-state index contributed by atoms with van der Waals surface area (Å²) in [7, 11) is 1.68. The molecule has 0 spiro atoms. The second kappa shape index (κ2) is 5.35. The van der Waals surface area contributed by atoms with Crippen molar-refractivity contribution in [2.45, 2.75) is 5.92 Å². The van der Waals surface area contributed by atoms with Crippen molar-refractivity contribution in [1.29, 1.82) is 0 Å². The monoisotopic (exact) mass is 224 g/mol. The molecule has 0 aliphatic carbocycles. The van der Waals surface area contributed by atoms with Gasteiger partial charge < -0.3 is 4.74 Å². The van der Waals surface area contributed by atoms with E-state index < -0.39 is 0 Å². The molecule has 0 heterocycles. The fourth-order valence-electron chi connectivity index (χ4n) is 1.94. The second-order valence-corrected chi connectivity index (χ2v) is 3.90. The van der Waals surface area contributed by atoms with E-state index in [-0.39, 0.29) is 5.92 Å². The first-order valence-corrected chi connectivity index (χ1v) is 5.66. The average molecular weight is 224 g/mol. The average Bonchev–Trinajstić information content (AvgIpc) is 2.42. The largest absolute Gasteiger partial charge is 0.497 e. The van der Waals surface area contributed by atoms with Crippen molar-refractivity contribution in [2.24, 2.45) is 0 Å². The van der Waals surface area contributed by atoms with Crippen LogP contribution in [0.5, 0.6) is 5.75 Å². The molecule has 0 amide bonds. The number of ether oxygens (including phenoxy) is 1. The van der Waals surface area contributed by atoms with E-state index in [0.717, 1.165) is 5.75 Å². The summed E-state index contributed by atoms with van der Waals surface area (Å²) < 4.78 is 5.16. The zero-order valence-electron chi connectivity index (χ0n) is 9.97. The minimum Gasteiger partial charge on any atom is -0.497 e. The van der Waals surface area contributed by atoms with Gasteiger partial charge in [0.1, 0.15) is 5.75 Å². The molecule has 0 radical (unpaired) electrons. The molecule has 0 saturated heterocycles. The molecule has 1 atom stereocenters. The molecular weight excluding hydrogens is 208 g/mol. The van der Waals surface area contributed by atoms with Crippen LogP contribution in [-0.2, 0) is 0 Å². The topological polar surface area (TPSA) is 9.23 Å². The van der Waals surface area contributed by atoms with Crippen LogP contribution in [0.15, 0.2) is 67.3 Å². The van der Waals surface area contributed by atoms with E-state index in [1.165, 1.54) is 11.1 Å². The molecule has 0 saturated carbocycles. The van der Waals surface area contributed by atoms with Gasteiger partial charge in [0.15, 0.2) is 0 Å². The maximum Gasteiger partial charge on any atom is 0.118 e.